The van der Waals surface area contributed by atoms with E-state index in [1.807, 2.05) is 48.6 Å². The van der Waals surface area contributed by atoms with Crippen molar-refractivity contribution < 1.29 is 16.5 Å². The van der Waals surface area contributed by atoms with E-state index in [1.165, 1.54) is 44.5 Å². The maximum absolute atomic E-state index is 4.60. The zero-order chi connectivity index (χ0) is 31.7. The molecule has 0 spiro atoms. The molecule has 4 aromatic rings. The molecule has 0 aliphatic carbocycles. The Hall–Kier alpha value is -2.29. The van der Waals surface area contributed by atoms with E-state index >= 15 is 0 Å². The number of aromatic nitrogens is 2. The molecule has 2 aliphatic heterocycles. The molecular weight excluding hydrogens is 867 g/mol. The molecule has 45 heavy (non-hydrogen) atoms. The molecule has 0 bridgehead atoms. The second-order valence-electron chi connectivity index (χ2n) is 10.9. The van der Waals surface area contributed by atoms with Crippen molar-refractivity contribution >= 4 is 84.1 Å². The summed E-state index contributed by atoms with van der Waals surface area (Å²) in [5.74, 6) is 0. The first kappa shape index (κ1) is 35.6. The average Bonchev–Trinajstić information content (AvgIpc) is 3.74. The minimum Gasteiger partial charge on any atom is -0.651 e. The largest absolute Gasteiger partial charge is 2.00 e. The molecule has 0 radical (unpaired) electrons. The first-order valence-electron chi connectivity index (χ1n) is 14.0. The van der Waals surface area contributed by atoms with Crippen LogP contribution in [0.2, 0.25) is 0 Å². The minimum absolute atomic E-state index is 0. The fourth-order valence-corrected chi connectivity index (χ4v) is 7.12. The number of aryl methyl sites for hydroxylation is 6. The van der Waals surface area contributed by atoms with Crippen LogP contribution in [0.3, 0.4) is 0 Å². The van der Waals surface area contributed by atoms with Crippen molar-refractivity contribution in [1.82, 2.24) is 9.97 Å². The van der Waals surface area contributed by atoms with Crippen molar-refractivity contribution in [3.63, 3.8) is 0 Å². The Morgan fingerprint density at radius 2 is 0.844 bits per heavy atom. The van der Waals surface area contributed by atoms with Crippen LogP contribution >= 0.6 is 63.7 Å². The SMILES string of the molecule is Cc1cc(C)c(/C(=C2/C=CC(Br)=N2)c2ccc(Br)[n-]2)c(C)c1.Cc1cc(C)c(/C(=C2/C=CC(Br)=N2)c2ccc(Br)[n-]2)c(C)c1.[Ni+2]. The summed E-state index contributed by atoms with van der Waals surface area (Å²) in [6.07, 6.45) is 7.99. The van der Waals surface area contributed by atoms with E-state index in [2.05, 4.69) is 149 Å². The van der Waals surface area contributed by atoms with E-state index in [9.17, 15) is 0 Å². The molecule has 0 saturated heterocycles. The standard InChI is InChI=1S/2C18H15Br2N2.Ni/c2*1-10-8-11(2)17(12(3)9-10)18(13-4-6-15(19)21-13)14-5-7-16(20)22-14;/h2*4-9H,1-3H3;/q2*-1;+2/b2*18-13-;. The Bertz CT molecular complexity index is 1780. The molecule has 2 aliphatic rings. The predicted octanol–water partition coefficient (Wildman–Crippen LogP) is 10.9. The molecule has 4 nitrogen and oxygen atoms in total. The van der Waals surface area contributed by atoms with Gasteiger partial charge in [0.1, 0.15) is 9.24 Å². The molecule has 0 amide bonds. The number of benzene rings is 2. The molecule has 0 fully saturated rings. The Labute approximate surface area is 308 Å². The van der Waals surface area contributed by atoms with Crippen molar-refractivity contribution in [2.45, 2.75) is 41.5 Å². The van der Waals surface area contributed by atoms with Gasteiger partial charge in [0.2, 0.25) is 0 Å². The van der Waals surface area contributed by atoms with Crippen molar-refractivity contribution in [1.29, 1.82) is 0 Å². The van der Waals surface area contributed by atoms with E-state index < -0.39 is 0 Å². The summed E-state index contributed by atoms with van der Waals surface area (Å²) in [4.78, 5) is 18.4. The van der Waals surface area contributed by atoms with Gasteiger partial charge in [-0.1, -0.05) is 101 Å². The van der Waals surface area contributed by atoms with Crippen LogP contribution in [0, 0.1) is 41.5 Å². The topological polar surface area (TPSA) is 52.9 Å². The van der Waals surface area contributed by atoms with Crippen LogP contribution in [0.5, 0.6) is 0 Å². The third-order valence-electron chi connectivity index (χ3n) is 7.30. The molecule has 0 atom stereocenters. The van der Waals surface area contributed by atoms with E-state index in [-0.39, 0.29) is 16.5 Å². The number of hydrogen-bond acceptors (Lipinski definition) is 2. The van der Waals surface area contributed by atoms with Gasteiger partial charge in [0.25, 0.3) is 0 Å². The van der Waals surface area contributed by atoms with Gasteiger partial charge in [-0.05, 0) is 142 Å². The van der Waals surface area contributed by atoms with Gasteiger partial charge in [0, 0.05) is 0 Å². The zero-order valence-corrected chi connectivity index (χ0v) is 32.9. The quantitative estimate of drug-likeness (QED) is 0.192. The normalized spacial score (nSPS) is 15.8. The second-order valence-corrected chi connectivity index (χ2v) is 14.2. The Kier molecular flexibility index (Phi) is 11.9. The van der Waals surface area contributed by atoms with Crippen molar-refractivity contribution in [2.75, 3.05) is 0 Å². The fourth-order valence-electron chi connectivity index (χ4n) is 5.83. The van der Waals surface area contributed by atoms with Gasteiger partial charge in [-0.3, -0.25) is 0 Å². The van der Waals surface area contributed by atoms with Crippen LogP contribution in [0.25, 0.3) is 11.1 Å². The van der Waals surface area contributed by atoms with Crippen molar-refractivity contribution in [2.24, 2.45) is 9.98 Å². The van der Waals surface area contributed by atoms with Gasteiger partial charge in [0.15, 0.2) is 0 Å². The van der Waals surface area contributed by atoms with E-state index in [1.54, 1.807) is 0 Å². The summed E-state index contributed by atoms with van der Waals surface area (Å²) >= 11 is 13.8. The van der Waals surface area contributed by atoms with E-state index in [0.29, 0.717) is 0 Å². The monoisotopic (exact) mass is 892 g/mol. The number of rotatable bonds is 4. The number of hydrogen-bond donors (Lipinski definition) is 0. The summed E-state index contributed by atoms with van der Waals surface area (Å²) in [5, 5.41) is 0. The first-order valence-corrected chi connectivity index (χ1v) is 17.2. The summed E-state index contributed by atoms with van der Waals surface area (Å²) in [5.41, 5.74) is 15.8. The number of allylic oxidation sites excluding steroid dienone is 4. The third kappa shape index (κ3) is 8.17. The summed E-state index contributed by atoms with van der Waals surface area (Å²) < 4.78 is 3.36. The summed E-state index contributed by atoms with van der Waals surface area (Å²) in [7, 11) is 0. The molecule has 4 heterocycles. The molecule has 0 N–H and O–H groups in total. The van der Waals surface area contributed by atoms with Crippen LogP contribution in [0.15, 0.2) is 103 Å². The smallest absolute Gasteiger partial charge is 0.651 e. The first-order chi connectivity index (χ1) is 20.9. The van der Waals surface area contributed by atoms with Crippen molar-refractivity contribution in [3.8, 4) is 0 Å². The molecule has 0 saturated carbocycles. The van der Waals surface area contributed by atoms with E-state index in [4.69, 9.17) is 0 Å². The summed E-state index contributed by atoms with van der Waals surface area (Å²) in [6, 6.07) is 16.8. The van der Waals surface area contributed by atoms with Crippen LogP contribution in [-0.4, -0.2) is 9.24 Å². The number of aliphatic imine (C=N–C) groups is 2. The Morgan fingerprint density at radius 3 is 1.09 bits per heavy atom. The maximum atomic E-state index is 4.60. The van der Waals surface area contributed by atoms with Crippen LogP contribution < -0.4 is 9.97 Å². The average molecular weight is 897 g/mol. The van der Waals surface area contributed by atoms with Crippen LogP contribution in [-0.2, 0) is 16.5 Å². The zero-order valence-electron chi connectivity index (χ0n) is 25.5. The predicted molar refractivity (Wildman–Crippen MR) is 199 cm³/mol. The second kappa shape index (κ2) is 15.1. The molecular formula is C36H30Br4N4Ni. The van der Waals surface area contributed by atoms with Gasteiger partial charge in [-0.2, -0.15) is 0 Å². The van der Waals surface area contributed by atoms with E-state index in [0.717, 1.165) is 52.4 Å². The van der Waals surface area contributed by atoms with Gasteiger partial charge < -0.3 is 9.97 Å². The van der Waals surface area contributed by atoms with Crippen LogP contribution in [0.1, 0.15) is 55.9 Å². The molecule has 6 rings (SSSR count). The maximum Gasteiger partial charge on any atom is 2.00 e. The Morgan fingerprint density at radius 1 is 0.511 bits per heavy atom. The van der Waals surface area contributed by atoms with Gasteiger partial charge >= 0.3 is 16.5 Å². The molecule has 2 aromatic carbocycles. The van der Waals surface area contributed by atoms with Gasteiger partial charge in [-0.15, -0.1) is 11.4 Å². The molecule has 9 heteroatoms. The fraction of sp³-hybridized carbons (Fsp3) is 0.167. The third-order valence-corrected chi connectivity index (χ3v) is 9.07. The van der Waals surface area contributed by atoms with Gasteiger partial charge in [-0.25, -0.2) is 9.98 Å². The molecule has 0 unspecified atom stereocenters. The van der Waals surface area contributed by atoms with Crippen molar-refractivity contribution in [3.05, 3.63) is 149 Å². The number of halogens is 4. The van der Waals surface area contributed by atoms with Gasteiger partial charge in [0.05, 0.1) is 11.4 Å². The van der Waals surface area contributed by atoms with Crippen LogP contribution in [0.4, 0.5) is 0 Å². The summed E-state index contributed by atoms with van der Waals surface area (Å²) in [6.45, 7) is 12.8. The molecule has 232 valence electrons. The number of nitrogens with zero attached hydrogens (tertiary/aromatic N) is 4. The Balaban J connectivity index is 0.000000200. The molecule has 2 aromatic heterocycles. The minimum atomic E-state index is 0.